The van der Waals surface area contributed by atoms with E-state index in [1.165, 1.54) is 18.7 Å². The number of imidazole rings is 1. The summed E-state index contributed by atoms with van der Waals surface area (Å²) in [5.41, 5.74) is 3.58. The first-order valence-electron chi connectivity index (χ1n) is 9.98. The van der Waals surface area contributed by atoms with E-state index in [2.05, 4.69) is 39.2 Å². The quantitative estimate of drug-likeness (QED) is 0.474. The van der Waals surface area contributed by atoms with Crippen LogP contribution in [0.3, 0.4) is 0 Å². The Hall–Kier alpha value is -3.06. The molecule has 0 atom stereocenters. The Kier molecular flexibility index (Phi) is 7.68. The van der Waals surface area contributed by atoms with Crippen molar-refractivity contribution < 1.29 is 9.59 Å². The van der Waals surface area contributed by atoms with Crippen molar-refractivity contribution in [2.24, 2.45) is 0 Å². The summed E-state index contributed by atoms with van der Waals surface area (Å²) in [6, 6.07) is 17.2. The number of unbranched alkanes of at least 4 members (excludes halogenated alkanes) is 1. The van der Waals surface area contributed by atoms with Gasteiger partial charge in [0.05, 0.1) is 17.6 Å². The van der Waals surface area contributed by atoms with E-state index < -0.39 is 0 Å². The van der Waals surface area contributed by atoms with Gasteiger partial charge in [-0.05, 0) is 36.2 Å². The molecule has 2 amide bonds. The second-order valence-corrected chi connectivity index (χ2v) is 7.84. The summed E-state index contributed by atoms with van der Waals surface area (Å²) < 4.78 is 2.19. The van der Waals surface area contributed by atoms with Crippen molar-refractivity contribution in [2.45, 2.75) is 38.4 Å². The first-order chi connectivity index (χ1) is 14.6. The zero-order valence-corrected chi connectivity index (χ0v) is 18.0. The molecule has 0 bridgehead atoms. The van der Waals surface area contributed by atoms with Gasteiger partial charge in [0.1, 0.15) is 0 Å². The van der Waals surface area contributed by atoms with Gasteiger partial charge in [-0.3, -0.25) is 9.59 Å². The van der Waals surface area contributed by atoms with Crippen LogP contribution in [0.15, 0.2) is 66.0 Å². The maximum atomic E-state index is 12.4. The summed E-state index contributed by atoms with van der Waals surface area (Å²) >= 11 is 1.43. The molecule has 30 heavy (non-hydrogen) atoms. The van der Waals surface area contributed by atoms with E-state index in [1.54, 1.807) is 24.3 Å². The topological polar surface area (TPSA) is 76.0 Å². The lowest BCUT2D eigenvalue weighted by molar-refractivity contribution is -0.114. The van der Waals surface area contributed by atoms with Crippen molar-refractivity contribution in [1.29, 1.82) is 0 Å². The lowest BCUT2D eigenvalue weighted by Crippen LogP contribution is -2.15. The van der Waals surface area contributed by atoms with Crippen LogP contribution in [0.25, 0.3) is 11.3 Å². The lowest BCUT2D eigenvalue weighted by Gasteiger charge is -2.11. The highest BCUT2D eigenvalue weighted by Crippen LogP contribution is 2.27. The predicted molar refractivity (Wildman–Crippen MR) is 123 cm³/mol. The molecule has 0 saturated carbocycles. The van der Waals surface area contributed by atoms with Crippen molar-refractivity contribution >= 4 is 35.0 Å². The number of aromatic nitrogens is 2. The fraction of sp³-hybridized carbons (Fsp3) is 0.261. The SMILES string of the molecule is CCCCn1c(-c2ccccc2)cnc1SCC(=O)Nc1ccc(NC(C)=O)cc1. The smallest absolute Gasteiger partial charge is 0.234 e. The van der Waals surface area contributed by atoms with Gasteiger partial charge in [-0.1, -0.05) is 55.4 Å². The number of carbonyl (C=O) groups excluding carboxylic acids is 2. The van der Waals surface area contributed by atoms with Crippen LogP contribution in [0.4, 0.5) is 11.4 Å². The number of hydrogen-bond donors (Lipinski definition) is 2. The molecule has 2 aromatic carbocycles. The number of anilines is 2. The summed E-state index contributed by atoms with van der Waals surface area (Å²) in [5, 5.41) is 6.43. The van der Waals surface area contributed by atoms with E-state index in [4.69, 9.17) is 0 Å². The molecule has 7 heteroatoms. The molecule has 0 saturated heterocycles. The van der Waals surface area contributed by atoms with Gasteiger partial charge in [0, 0.05) is 24.8 Å². The largest absolute Gasteiger partial charge is 0.326 e. The Morgan fingerprint density at radius 2 is 1.67 bits per heavy atom. The van der Waals surface area contributed by atoms with E-state index in [9.17, 15) is 9.59 Å². The zero-order valence-electron chi connectivity index (χ0n) is 17.2. The van der Waals surface area contributed by atoms with Crippen molar-refractivity contribution in [3.63, 3.8) is 0 Å². The maximum Gasteiger partial charge on any atom is 0.234 e. The fourth-order valence-corrected chi connectivity index (χ4v) is 3.82. The molecule has 0 fully saturated rings. The molecule has 3 aromatic rings. The van der Waals surface area contributed by atoms with Crippen LogP contribution < -0.4 is 10.6 Å². The average molecular weight is 423 g/mol. The minimum Gasteiger partial charge on any atom is -0.326 e. The van der Waals surface area contributed by atoms with E-state index in [-0.39, 0.29) is 17.6 Å². The van der Waals surface area contributed by atoms with Gasteiger partial charge < -0.3 is 15.2 Å². The van der Waals surface area contributed by atoms with Gasteiger partial charge in [-0.15, -0.1) is 0 Å². The van der Waals surface area contributed by atoms with Crippen LogP contribution in [-0.4, -0.2) is 27.1 Å². The molecule has 6 nitrogen and oxygen atoms in total. The third-order valence-corrected chi connectivity index (χ3v) is 5.44. The Labute approximate surface area is 181 Å². The number of nitrogens with zero attached hydrogens (tertiary/aromatic N) is 2. The molecule has 1 aromatic heterocycles. The second-order valence-electron chi connectivity index (χ2n) is 6.89. The van der Waals surface area contributed by atoms with E-state index >= 15 is 0 Å². The molecular formula is C23H26N4O2S. The van der Waals surface area contributed by atoms with Crippen LogP contribution in [0.2, 0.25) is 0 Å². The second kappa shape index (κ2) is 10.6. The zero-order chi connectivity index (χ0) is 21.3. The number of thioether (sulfide) groups is 1. The van der Waals surface area contributed by atoms with Gasteiger partial charge in [-0.2, -0.15) is 0 Å². The average Bonchev–Trinajstić information content (AvgIpc) is 3.15. The van der Waals surface area contributed by atoms with Gasteiger partial charge in [0.25, 0.3) is 0 Å². The summed E-state index contributed by atoms with van der Waals surface area (Å²) in [6.07, 6.45) is 4.02. The minimum absolute atomic E-state index is 0.0985. The molecule has 2 N–H and O–H groups in total. The Bertz CT molecular complexity index is 984. The first-order valence-corrected chi connectivity index (χ1v) is 11.0. The highest BCUT2D eigenvalue weighted by molar-refractivity contribution is 7.99. The van der Waals surface area contributed by atoms with Crippen molar-refractivity contribution in [3.05, 3.63) is 60.8 Å². The highest BCUT2D eigenvalue weighted by atomic mass is 32.2. The van der Waals surface area contributed by atoms with E-state index in [1.807, 2.05) is 24.4 Å². The summed E-state index contributed by atoms with van der Waals surface area (Å²) in [7, 11) is 0. The van der Waals surface area contributed by atoms with Crippen LogP contribution in [0, 0.1) is 0 Å². The van der Waals surface area contributed by atoms with Crippen molar-refractivity contribution in [2.75, 3.05) is 16.4 Å². The molecule has 0 unspecified atom stereocenters. The number of amides is 2. The maximum absolute atomic E-state index is 12.4. The molecule has 1 heterocycles. The number of benzene rings is 2. The first kappa shape index (κ1) is 21.6. The fourth-order valence-electron chi connectivity index (χ4n) is 3.01. The third kappa shape index (κ3) is 5.97. The minimum atomic E-state index is -0.128. The lowest BCUT2D eigenvalue weighted by atomic mass is 10.1. The Morgan fingerprint density at radius 3 is 2.30 bits per heavy atom. The van der Waals surface area contributed by atoms with Crippen LogP contribution in [0.1, 0.15) is 26.7 Å². The number of carbonyl (C=O) groups is 2. The van der Waals surface area contributed by atoms with Gasteiger partial charge >= 0.3 is 0 Å². The predicted octanol–water partition coefficient (Wildman–Crippen LogP) is 5.04. The molecule has 0 aliphatic rings. The normalized spacial score (nSPS) is 10.6. The molecule has 3 rings (SSSR count). The molecular weight excluding hydrogens is 396 g/mol. The molecule has 0 aliphatic heterocycles. The van der Waals surface area contributed by atoms with Gasteiger partial charge in [0.2, 0.25) is 11.8 Å². The third-order valence-electron chi connectivity index (χ3n) is 4.45. The van der Waals surface area contributed by atoms with E-state index in [0.717, 1.165) is 35.8 Å². The van der Waals surface area contributed by atoms with Gasteiger partial charge in [-0.25, -0.2) is 4.98 Å². The summed E-state index contributed by atoms with van der Waals surface area (Å²) in [5.74, 6) is 0.0420. The number of rotatable bonds is 9. The highest BCUT2D eigenvalue weighted by Gasteiger charge is 2.13. The Morgan fingerprint density at radius 1 is 1.00 bits per heavy atom. The molecule has 0 spiro atoms. The Balaban J connectivity index is 1.64. The van der Waals surface area contributed by atoms with Crippen LogP contribution in [-0.2, 0) is 16.1 Å². The monoisotopic (exact) mass is 422 g/mol. The standard InChI is InChI=1S/C23H26N4O2S/c1-3-4-14-27-21(18-8-6-5-7-9-18)15-24-23(27)30-16-22(29)26-20-12-10-19(11-13-20)25-17(2)28/h5-13,15H,3-4,14,16H2,1-2H3,(H,25,28)(H,26,29). The molecule has 0 radical (unpaired) electrons. The summed E-state index contributed by atoms with van der Waals surface area (Å²) in [6.45, 7) is 4.49. The molecule has 156 valence electrons. The van der Waals surface area contributed by atoms with Gasteiger partial charge in [0.15, 0.2) is 5.16 Å². The van der Waals surface area contributed by atoms with Crippen LogP contribution >= 0.6 is 11.8 Å². The van der Waals surface area contributed by atoms with Crippen molar-refractivity contribution in [1.82, 2.24) is 9.55 Å². The number of nitrogens with one attached hydrogen (secondary N) is 2. The number of hydrogen-bond acceptors (Lipinski definition) is 4. The summed E-state index contributed by atoms with van der Waals surface area (Å²) in [4.78, 5) is 28.1. The van der Waals surface area contributed by atoms with Crippen LogP contribution in [0.5, 0.6) is 0 Å². The van der Waals surface area contributed by atoms with Crippen molar-refractivity contribution in [3.8, 4) is 11.3 Å². The molecule has 0 aliphatic carbocycles. The van der Waals surface area contributed by atoms with E-state index in [0.29, 0.717) is 11.4 Å².